The van der Waals surface area contributed by atoms with E-state index in [1.807, 2.05) is 18.2 Å². The van der Waals surface area contributed by atoms with Crippen LogP contribution in [0, 0.1) is 0 Å². The number of Topliss-reactive ketones (excluding diaryl/α,β-unsaturated/α-hetero) is 1. The molecule has 1 fully saturated rings. The van der Waals surface area contributed by atoms with Crippen LogP contribution in [0.25, 0.3) is 0 Å². The van der Waals surface area contributed by atoms with Gasteiger partial charge in [0.05, 0.1) is 13.2 Å². The molecule has 0 aliphatic carbocycles. The molecule has 2 aromatic rings. The van der Waals surface area contributed by atoms with Crippen LogP contribution in [0.4, 0.5) is 0 Å². The fraction of sp³-hybridized carbons (Fsp3) is 0.263. The van der Waals surface area contributed by atoms with Gasteiger partial charge in [-0.2, -0.15) is 0 Å². The van der Waals surface area contributed by atoms with Crippen LogP contribution >= 0.6 is 0 Å². The zero-order valence-electron chi connectivity index (χ0n) is 13.1. The van der Waals surface area contributed by atoms with Crippen LogP contribution in [-0.2, 0) is 0 Å². The topological polar surface area (TPSA) is 46.6 Å². The third kappa shape index (κ3) is 3.11. The summed E-state index contributed by atoms with van der Waals surface area (Å²) in [6, 6.07) is 15.8. The number of hydrogen-bond acceptors (Lipinski definition) is 3. The Hall–Kier alpha value is -2.62. The molecule has 0 aromatic heterocycles. The number of ether oxygens (including phenoxy) is 1. The van der Waals surface area contributed by atoms with Gasteiger partial charge in [0.25, 0.3) is 5.91 Å². The number of hydrogen-bond donors (Lipinski definition) is 0. The molecule has 4 nitrogen and oxygen atoms in total. The molecule has 1 aliphatic rings. The molecule has 3 rings (SSSR count). The molecule has 4 heteroatoms. The minimum Gasteiger partial charge on any atom is -0.497 e. The van der Waals surface area contributed by atoms with Crippen molar-refractivity contribution < 1.29 is 14.3 Å². The average Bonchev–Trinajstić information content (AvgIpc) is 3.11. The second-order valence-corrected chi connectivity index (χ2v) is 5.62. The third-order valence-electron chi connectivity index (χ3n) is 4.19. The minimum absolute atomic E-state index is 0.0133. The van der Waals surface area contributed by atoms with Crippen molar-refractivity contribution in [3.63, 3.8) is 0 Å². The van der Waals surface area contributed by atoms with Crippen molar-refractivity contribution >= 4 is 11.7 Å². The molecule has 0 bridgehead atoms. The normalized spacial score (nSPS) is 17.1. The van der Waals surface area contributed by atoms with E-state index in [0.717, 1.165) is 6.42 Å². The van der Waals surface area contributed by atoms with E-state index >= 15 is 0 Å². The highest BCUT2D eigenvalue weighted by atomic mass is 16.5. The molecule has 1 amide bonds. The van der Waals surface area contributed by atoms with Crippen LogP contribution in [0.2, 0.25) is 0 Å². The lowest BCUT2D eigenvalue weighted by Gasteiger charge is -2.24. The maximum absolute atomic E-state index is 12.8. The van der Waals surface area contributed by atoms with Crippen LogP contribution in [0.1, 0.15) is 33.6 Å². The van der Waals surface area contributed by atoms with Gasteiger partial charge in [0, 0.05) is 17.7 Å². The van der Waals surface area contributed by atoms with E-state index in [0.29, 0.717) is 29.8 Å². The van der Waals surface area contributed by atoms with Gasteiger partial charge in [0.15, 0.2) is 5.78 Å². The van der Waals surface area contributed by atoms with Gasteiger partial charge in [0.2, 0.25) is 0 Å². The fourth-order valence-corrected chi connectivity index (χ4v) is 3.00. The number of rotatable bonds is 4. The first-order valence-electron chi connectivity index (χ1n) is 7.75. The molecule has 0 radical (unpaired) electrons. The molecule has 23 heavy (non-hydrogen) atoms. The van der Waals surface area contributed by atoms with Crippen molar-refractivity contribution in [2.75, 3.05) is 13.7 Å². The Morgan fingerprint density at radius 2 is 1.78 bits per heavy atom. The molecule has 2 aromatic carbocycles. The molecule has 1 heterocycles. The Morgan fingerprint density at radius 3 is 2.52 bits per heavy atom. The van der Waals surface area contributed by atoms with Crippen molar-refractivity contribution in [2.24, 2.45) is 0 Å². The molecule has 1 unspecified atom stereocenters. The standard InChI is InChI=1S/C19H19NO3/c1-23-16-10-5-9-15(13-16)19(22)20-12-6-11-17(20)18(21)14-7-3-2-4-8-14/h2-5,7-10,13,17H,6,11-12H2,1H3. The van der Waals surface area contributed by atoms with Crippen molar-refractivity contribution in [1.29, 1.82) is 0 Å². The van der Waals surface area contributed by atoms with E-state index < -0.39 is 0 Å². The van der Waals surface area contributed by atoms with Gasteiger partial charge in [-0.25, -0.2) is 0 Å². The first-order chi connectivity index (χ1) is 11.2. The van der Waals surface area contributed by atoms with E-state index in [4.69, 9.17) is 4.74 Å². The maximum Gasteiger partial charge on any atom is 0.254 e. The summed E-state index contributed by atoms with van der Waals surface area (Å²) in [7, 11) is 1.57. The summed E-state index contributed by atoms with van der Waals surface area (Å²) in [4.78, 5) is 27.2. The van der Waals surface area contributed by atoms with E-state index in [2.05, 4.69) is 0 Å². The van der Waals surface area contributed by atoms with Crippen LogP contribution < -0.4 is 4.74 Å². The number of benzene rings is 2. The average molecular weight is 309 g/mol. The minimum atomic E-state index is -0.379. The molecular weight excluding hydrogens is 290 g/mol. The lowest BCUT2D eigenvalue weighted by Crippen LogP contribution is -2.40. The summed E-state index contributed by atoms with van der Waals surface area (Å²) in [5.41, 5.74) is 1.21. The van der Waals surface area contributed by atoms with Crippen molar-refractivity contribution in [3.05, 3.63) is 65.7 Å². The molecule has 1 atom stereocenters. The smallest absolute Gasteiger partial charge is 0.254 e. The van der Waals surface area contributed by atoms with Crippen molar-refractivity contribution in [3.8, 4) is 5.75 Å². The predicted octanol–water partition coefficient (Wildman–Crippen LogP) is 3.18. The highest BCUT2D eigenvalue weighted by Gasteiger charge is 2.34. The quantitative estimate of drug-likeness (QED) is 0.815. The SMILES string of the molecule is COc1cccc(C(=O)N2CCCC2C(=O)c2ccccc2)c1. The molecule has 0 spiro atoms. The summed E-state index contributed by atoms with van der Waals surface area (Å²) < 4.78 is 5.17. The van der Waals surface area contributed by atoms with Gasteiger partial charge in [-0.15, -0.1) is 0 Å². The number of methoxy groups -OCH3 is 1. The monoisotopic (exact) mass is 309 g/mol. The summed E-state index contributed by atoms with van der Waals surface area (Å²) >= 11 is 0. The lowest BCUT2D eigenvalue weighted by molar-refractivity contribution is 0.0671. The van der Waals surface area contributed by atoms with Gasteiger partial charge in [-0.05, 0) is 31.0 Å². The number of likely N-dealkylation sites (tertiary alicyclic amines) is 1. The van der Waals surface area contributed by atoms with Gasteiger partial charge in [-0.3, -0.25) is 9.59 Å². The largest absolute Gasteiger partial charge is 0.497 e. The van der Waals surface area contributed by atoms with Crippen LogP contribution in [0.5, 0.6) is 5.75 Å². The summed E-state index contributed by atoms with van der Waals surface area (Å²) in [6.07, 6.45) is 1.56. The Morgan fingerprint density at radius 1 is 1.04 bits per heavy atom. The summed E-state index contributed by atoms with van der Waals surface area (Å²) in [5, 5.41) is 0. The van der Waals surface area contributed by atoms with Gasteiger partial charge in [-0.1, -0.05) is 36.4 Å². The van der Waals surface area contributed by atoms with Gasteiger partial charge in [0.1, 0.15) is 5.75 Å². The van der Waals surface area contributed by atoms with Crippen molar-refractivity contribution in [2.45, 2.75) is 18.9 Å². The number of carbonyl (C=O) groups excluding carboxylic acids is 2. The molecule has 0 saturated carbocycles. The van der Waals surface area contributed by atoms with Crippen molar-refractivity contribution in [1.82, 2.24) is 4.90 Å². The molecule has 1 saturated heterocycles. The Labute approximate surface area is 135 Å². The number of amides is 1. The van der Waals surface area contributed by atoms with E-state index in [1.54, 1.807) is 48.4 Å². The highest BCUT2D eigenvalue weighted by molar-refractivity contribution is 6.04. The fourth-order valence-electron chi connectivity index (χ4n) is 3.00. The molecule has 118 valence electrons. The highest BCUT2D eigenvalue weighted by Crippen LogP contribution is 2.24. The second-order valence-electron chi connectivity index (χ2n) is 5.62. The third-order valence-corrected chi connectivity index (χ3v) is 4.19. The second kappa shape index (κ2) is 6.65. The first-order valence-corrected chi connectivity index (χ1v) is 7.75. The van der Waals surface area contributed by atoms with Crippen LogP contribution in [0.3, 0.4) is 0 Å². The molecule has 1 aliphatic heterocycles. The molecule has 0 N–H and O–H groups in total. The predicted molar refractivity (Wildman–Crippen MR) is 87.8 cm³/mol. The lowest BCUT2D eigenvalue weighted by atomic mass is 10.0. The van der Waals surface area contributed by atoms with E-state index in [1.165, 1.54) is 0 Å². The zero-order chi connectivity index (χ0) is 16.2. The van der Waals surface area contributed by atoms with Gasteiger partial charge < -0.3 is 9.64 Å². The number of ketones is 1. The molecular formula is C19H19NO3. The summed E-state index contributed by atoms with van der Waals surface area (Å²) in [6.45, 7) is 0.610. The number of carbonyl (C=O) groups is 2. The first kappa shape index (κ1) is 15.3. The Balaban J connectivity index is 1.83. The Bertz CT molecular complexity index is 712. The zero-order valence-corrected chi connectivity index (χ0v) is 13.1. The Kier molecular flexibility index (Phi) is 4.42. The maximum atomic E-state index is 12.8. The van der Waals surface area contributed by atoms with E-state index in [-0.39, 0.29) is 17.7 Å². The van der Waals surface area contributed by atoms with Crippen LogP contribution in [0.15, 0.2) is 54.6 Å². The van der Waals surface area contributed by atoms with Gasteiger partial charge >= 0.3 is 0 Å². The summed E-state index contributed by atoms with van der Waals surface area (Å²) in [5.74, 6) is 0.538. The number of nitrogens with zero attached hydrogens (tertiary/aromatic N) is 1. The van der Waals surface area contributed by atoms with Crippen LogP contribution in [-0.4, -0.2) is 36.3 Å². The van der Waals surface area contributed by atoms with E-state index in [9.17, 15) is 9.59 Å².